The Hall–Kier alpha value is -3.02. The molecule has 2 aromatic rings. The maximum atomic E-state index is 11.6. The molecule has 176 valence electrons. The van der Waals surface area contributed by atoms with Gasteiger partial charge in [0.05, 0.1) is 36.8 Å². The third kappa shape index (κ3) is 5.00. The number of aromatic nitrogens is 2. The van der Waals surface area contributed by atoms with Crippen molar-refractivity contribution in [2.45, 2.75) is 59.0 Å². The Balaban J connectivity index is 1.59. The molecule has 1 aromatic heterocycles. The number of carbonyl (C=O) groups is 1. The number of aryl methyl sites for hydroxylation is 1. The minimum Gasteiger partial charge on any atom is -0.497 e. The van der Waals surface area contributed by atoms with E-state index in [2.05, 4.69) is 66.9 Å². The predicted octanol–water partition coefficient (Wildman–Crippen LogP) is 4.74. The summed E-state index contributed by atoms with van der Waals surface area (Å²) < 4.78 is 7.38. The molecule has 2 heterocycles. The van der Waals surface area contributed by atoms with Crippen LogP contribution in [-0.4, -0.2) is 28.8 Å². The first kappa shape index (κ1) is 23.1. The molecule has 1 aliphatic heterocycles. The highest BCUT2D eigenvalue weighted by Gasteiger charge is 2.37. The first-order valence-corrected chi connectivity index (χ1v) is 12.0. The number of primary amides is 1. The van der Waals surface area contributed by atoms with Gasteiger partial charge >= 0.3 is 0 Å². The van der Waals surface area contributed by atoms with Crippen molar-refractivity contribution in [3.8, 4) is 5.75 Å². The normalized spacial score (nSPS) is 24.8. The van der Waals surface area contributed by atoms with Gasteiger partial charge in [-0.3, -0.25) is 9.48 Å². The summed E-state index contributed by atoms with van der Waals surface area (Å²) in [5.41, 5.74) is 10.1. The third-order valence-electron chi connectivity index (χ3n) is 7.38. The fraction of sp³-hybridized carbons (Fsp3) is 0.481. The number of hydrogen-bond donors (Lipinski definition) is 1. The van der Waals surface area contributed by atoms with Crippen LogP contribution in [0.15, 0.2) is 48.7 Å². The standard InChI is InChI=1S/C27H36N4O2/c1-18-8-9-22(16-26(28)32)15-24(18)25-7-5-6-14-30(25)27-19(2)29-31(20(27)3)17-21-10-12-23(33-4)13-11-21/h5-7,10-14,18,22,24-25H,8-9,15-17H2,1-4H3,(H2,28,32)/t18-,22+,24?,25?/m0/s1. The fourth-order valence-corrected chi connectivity index (χ4v) is 5.60. The fourth-order valence-electron chi connectivity index (χ4n) is 5.60. The first-order chi connectivity index (χ1) is 15.9. The Morgan fingerprint density at radius 3 is 2.64 bits per heavy atom. The van der Waals surface area contributed by atoms with Crippen molar-refractivity contribution < 1.29 is 9.53 Å². The Morgan fingerprint density at radius 1 is 1.18 bits per heavy atom. The molecular weight excluding hydrogens is 412 g/mol. The van der Waals surface area contributed by atoms with Gasteiger partial charge in [0.2, 0.25) is 5.91 Å². The van der Waals surface area contributed by atoms with E-state index >= 15 is 0 Å². The molecule has 33 heavy (non-hydrogen) atoms. The highest BCUT2D eigenvalue weighted by molar-refractivity contribution is 5.74. The van der Waals surface area contributed by atoms with Crippen molar-refractivity contribution in [1.29, 1.82) is 0 Å². The van der Waals surface area contributed by atoms with Crippen LogP contribution in [0.1, 0.15) is 49.6 Å². The summed E-state index contributed by atoms with van der Waals surface area (Å²) in [6, 6.07) is 8.40. The molecule has 0 bridgehead atoms. The topological polar surface area (TPSA) is 73.4 Å². The maximum Gasteiger partial charge on any atom is 0.217 e. The van der Waals surface area contributed by atoms with E-state index in [1.54, 1.807) is 7.11 Å². The van der Waals surface area contributed by atoms with Crippen LogP contribution in [0.2, 0.25) is 0 Å². The Bertz CT molecular complexity index is 1040. The Labute approximate surface area is 197 Å². The van der Waals surface area contributed by atoms with Crippen LogP contribution in [0, 0.1) is 31.6 Å². The molecule has 2 aliphatic rings. The zero-order chi connectivity index (χ0) is 23.5. The molecule has 0 saturated heterocycles. The number of nitrogens with zero attached hydrogens (tertiary/aromatic N) is 3. The van der Waals surface area contributed by atoms with Gasteiger partial charge in [-0.05, 0) is 68.2 Å². The molecule has 6 nitrogen and oxygen atoms in total. The van der Waals surface area contributed by atoms with E-state index in [1.807, 2.05) is 12.1 Å². The predicted molar refractivity (Wildman–Crippen MR) is 132 cm³/mol. The molecule has 2 N–H and O–H groups in total. The third-order valence-corrected chi connectivity index (χ3v) is 7.38. The number of methoxy groups -OCH3 is 1. The van der Waals surface area contributed by atoms with Gasteiger partial charge in [0.25, 0.3) is 0 Å². The second kappa shape index (κ2) is 9.86. The van der Waals surface area contributed by atoms with Crippen LogP contribution in [0.3, 0.4) is 0 Å². The molecule has 1 amide bonds. The SMILES string of the molecule is COc1ccc(Cn2nc(C)c(N3C=CC=CC3C3C[C@H](CC(N)=O)CC[C@@H]3C)c2C)cc1. The summed E-state index contributed by atoms with van der Waals surface area (Å²) in [5, 5.41) is 4.90. The van der Waals surface area contributed by atoms with Crippen molar-refractivity contribution in [2.75, 3.05) is 12.0 Å². The summed E-state index contributed by atoms with van der Waals surface area (Å²) >= 11 is 0. The number of carbonyl (C=O) groups excluding carboxylic acids is 1. The van der Waals surface area contributed by atoms with Crippen LogP contribution in [0.25, 0.3) is 0 Å². The number of amides is 1. The van der Waals surface area contributed by atoms with Gasteiger partial charge in [0.15, 0.2) is 0 Å². The summed E-state index contributed by atoms with van der Waals surface area (Å²) in [6.07, 6.45) is 12.5. The number of hydrogen-bond acceptors (Lipinski definition) is 4. The van der Waals surface area contributed by atoms with E-state index < -0.39 is 0 Å². The zero-order valence-corrected chi connectivity index (χ0v) is 20.2. The lowest BCUT2D eigenvalue weighted by Gasteiger charge is -2.43. The minimum absolute atomic E-state index is 0.185. The molecule has 1 aliphatic carbocycles. The van der Waals surface area contributed by atoms with Gasteiger partial charge in [-0.15, -0.1) is 0 Å². The van der Waals surface area contributed by atoms with Crippen LogP contribution < -0.4 is 15.4 Å². The van der Waals surface area contributed by atoms with Gasteiger partial charge in [0.1, 0.15) is 5.75 Å². The van der Waals surface area contributed by atoms with Gasteiger partial charge in [-0.1, -0.05) is 37.6 Å². The molecule has 1 saturated carbocycles. The molecule has 6 heteroatoms. The highest BCUT2D eigenvalue weighted by atomic mass is 16.5. The number of benzene rings is 1. The lowest BCUT2D eigenvalue weighted by atomic mass is 9.70. The Kier molecular flexibility index (Phi) is 6.91. The van der Waals surface area contributed by atoms with Gasteiger partial charge < -0.3 is 15.4 Å². The largest absolute Gasteiger partial charge is 0.497 e. The average molecular weight is 449 g/mol. The van der Waals surface area contributed by atoms with Crippen molar-refractivity contribution in [1.82, 2.24) is 9.78 Å². The highest BCUT2D eigenvalue weighted by Crippen LogP contribution is 2.42. The number of ether oxygens (including phenoxy) is 1. The second-order valence-corrected chi connectivity index (χ2v) is 9.64. The first-order valence-electron chi connectivity index (χ1n) is 12.0. The zero-order valence-electron chi connectivity index (χ0n) is 20.2. The maximum absolute atomic E-state index is 11.6. The number of anilines is 1. The van der Waals surface area contributed by atoms with Crippen molar-refractivity contribution in [3.05, 3.63) is 65.6 Å². The van der Waals surface area contributed by atoms with E-state index in [4.69, 9.17) is 15.6 Å². The monoisotopic (exact) mass is 448 g/mol. The molecular formula is C27H36N4O2. The van der Waals surface area contributed by atoms with E-state index in [-0.39, 0.29) is 11.9 Å². The van der Waals surface area contributed by atoms with Crippen LogP contribution in [0.4, 0.5) is 5.69 Å². The summed E-state index contributed by atoms with van der Waals surface area (Å²) in [4.78, 5) is 14.0. The van der Waals surface area contributed by atoms with Crippen LogP contribution >= 0.6 is 0 Å². The summed E-state index contributed by atoms with van der Waals surface area (Å²) in [6.45, 7) is 7.32. The quantitative estimate of drug-likeness (QED) is 0.664. The number of nitrogens with two attached hydrogens (primary N) is 1. The lowest BCUT2D eigenvalue weighted by Crippen LogP contribution is -2.43. The van der Waals surface area contributed by atoms with E-state index in [0.29, 0.717) is 24.2 Å². The van der Waals surface area contributed by atoms with E-state index in [1.165, 1.54) is 11.3 Å². The average Bonchev–Trinajstić information content (AvgIpc) is 3.08. The molecule has 4 atom stereocenters. The van der Waals surface area contributed by atoms with Crippen LogP contribution in [0.5, 0.6) is 5.75 Å². The molecule has 4 rings (SSSR count). The summed E-state index contributed by atoms with van der Waals surface area (Å²) in [7, 11) is 1.68. The minimum atomic E-state index is -0.185. The summed E-state index contributed by atoms with van der Waals surface area (Å²) in [5.74, 6) is 2.11. The second-order valence-electron chi connectivity index (χ2n) is 9.64. The van der Waals surface area contributed by atoms with Crippen molar-refractivity contribution >= 4 is 11.6 Å². The number of allylic oxidation sites excluding steroid dienone is 2. The van der Waals surface area contributed by atoms with Crippen LogP contribution in [-0.2, 0) is 11.3 Å². The van der Waals surface area contributed by atoms with Crippen molar-refractivity contribution in [3.63, 3.8) is 0 Å². The molecule has 1 aromatic carbocycles. The van der Waals surface area contributed by atoms with Crippen molar-refractivity contribution in [2.24, 2.45) is 23.5 Å². The van der Waals surface area contributed by atoms with E-state index in [9.17, 15) is 4.79 Å². The molecule has 2 unspecified atom stereocenters. The smallest absolute Gasteiger partial charge is 0.217 e. The molecule has 0 spiro atoms. The van der Waals surface area contributed by atoms with E-state index in [0.717, 1.165) is 42.9 Å². The molecule has 1 fully saturated rings. The lowest BCUT2D eigenvalue weighted by molar-refractivity contribution is -0.119. The number of rotatable bonds is 7. The van der Waals surface area contributed by atoms with Gasteiger partial charge in [-0.2, -0.15) is 5.10 Å². The molecule has 0 radical (unpaired) electrons. The Morgan fingerprint density at radius 2 is 1.94 bits per heavy atom. The van der Waals surface area contributed by atoms with Gasteiger partial charge in [-0.25, -0.2) is 0 Å². The van der Waals surface area contributed by atoms with Gasteiger partial charge in [0, 0.05) is 12.6 Å².